The fraction of sp³-hybridized carbons (Fsp3) is 0.769. The first-order chi connectivity index (χ1) is 8.23. The Morgan fingerprint density at radius 3 is 2.44 bits per heavy atom. The molecule has 0 aliphatic carbocycles. The molecule has 0 bridgehead atoms. The molecule has 0 amide bonds. The van der Waals surface area contributed by atoms with E-state index in [2.05, 4.69) is 24.2 Å². The normalized spacial score (nSPS) is 12.1. The third-order valence-corrected chi connectivity index (χ3v) is 2.80. The maximum absolute atomic E-state index is 11.1. The lowest BCUT2D eigenvalue weighted by atomic mass is 9.90. The fourth-order valence-electron chi connectivity index (χ4n) is 2.01. The van der Waals surface area contributed by atoms with E-state index in [-0.39, 0.29) is 11.1 Å². The van der Waals surface area contributed by atoms with E-state index in [4.69, 9.17) is 5.11 Å². The molecule has 0 saturated carbocycles. The Morgan fingerprint density at radius 2 is 2.00 bits per heavy atom. The molecule has 0 spiro atoms. The van der Waals surface area contributed by atoms with Gasteiger partial charge in [0.15, 0.2) is 5.69 Å². The van der Waals surface area contributed by atoms with Crippen molar-refractivity contribution in [2.75, 3.05) is 0 Å². The molecule has 1 aromatic heterocycles. The molecular formula is C13H23N3O2. The Morgan fingerprint density at radius 1 is 1.39 bits per heavy atom. The first kappa shape index (κ1) is 14.7. The molecule has 0 fully saturated rings. The van der Waals surface area contributed by atoms with E-state index in [9.17, 15) is 4.79 Å². The third-order valence-electron chi connectivity index (χ3n) is 2.80. The lowest BCUT2D eigenvalue weighted by Crippen LogP contribution is -2.22. The van der Waals surface area contributed by atoms with Crippen LogP contribution in [0.5, 0.6) is 0 Å². The molecule has 5 heteroatoms. The van der Waals surface area contributed by atoms with Crippen LogP contribution in [0.1, 0.15) is 63.6 Å². The number of carboxylic acids is 1. The van der Waals surface area contributed by atoms with Gasteiger partial charge in [-0.05, 0) is 18.8 Å². The Hall–Kier alpha value is -1.39. The number of rotatable bonds is 5. The molecule has 1 rings (SSSR count). The SMILES string of the molecule is CC(C)CCCn1nnc(C(=O)O)c1C(C)(C)C. The molecule has 1 heterocycles. The zero-order valence-corrected chi connectivity index (χ0v) is 11.9. The van der Waals surface area contributed by atoms with Crippen LogP contribution in [0.15, 0.2) is 0 Å². The van der Waals surface area contributed by atoms with Gasteiger partial charge >= 0.3 is 5.97 Å². The monoisotopic (exact) mass is 253 g/mol. The van der Waals surface area contributed by atoms with Crippen molar-refractivity contribution in [1.82, 2.24) is 15.0 Å². The molecule has 0 aliphatic rings. The maximum Gasteiger partial charge on any atom is 0.358 e. The van der Waals surface area contributed by atoms with Crippen LogP contribution in [-0.2, 0) is 12.0 Å². The zero-order chi connectivity index (χ0) is 13.9. The molecule has 1 N–H and O–H groups in total. The average Bonchev–Trinajstić information content (AvgIpc) is 2.60. The predicted octanol–water partition coefficient (Wildman–Crippen LogP) is 2.71. The number of hydrogen-bond donors (Lipinski definition) is 1. The number of aromatic carboxylic acids is 1. The molecule has 0 atom stereocenters. The minimum absolute atomic E-state index is 0.0760. The highest BCUT2D eigenvalue weighted by atomic mass is 16.4. The van der Waals surface area contributed by atoms with Crippen LogP contribution in [0.3, 0.4) is 0 Å². The number of nitrogens with zero attached hydrogens (tertiary/aromatic N) is 3. The third kappa shape index (κ3) is 3.55. The molecule has 0 unspecified atom stereocenters. The molecule has 102 valence electrons. The largest absolute Gasteiger partial charge is 0.476 e. The number of aryl methyl sites for hydroxylation is 1. The molecule has 0 radical (unpaired) electrons. The number of aromatic nitrogens is 3. The molecule has 0 aromatic carbocycles. The minimum Gasteiger partial charge on any atom is -0.476 e. The summed E-state index contributed by atoms with van der Waals surface area (Å²) >= 11 is 0. The van der Waals surface area contributed by atoms with Crippen molar-refractivity contribution in [1.29, 1.82) is 0 Å². The summed E-state index contributed by atoms with van der Waals surface area (Å²) in [6, 6.07) is 0. The van der Waals surface area contributed by atoms with Crippen LogP contribution in [0.25, 0.3) is 0 Å². The van der Waals surface area contributed by atoms with Crippen molar-refractivity contribution in [3.8, 4) is 0 Å². The van der Waals surface area contributed by atoms with Gasteiger partial charge in [0.25, 0.3) is 0 Å². The second kappa shape index (κ2) is 5.50. The Balaban J connectivity index is 2.95. The van der Waals surface area contributed by atoms with Crippen molar-refractivity contribution in [3.05, 3.63) is 11.4 Å². The minimum atomic E-state index is -1.00. The smallest absolute Gasteiger partial charge is 0.358 e. The standard InChI is InChI=1S/C13H23N3O2/c1-9(2)7-6-8-16-11(13(3,4)5)10(12(17)18)14-15-16/h9H,6-8H2,1-5H3,(H,17,18). The van der Waals surface area contributed by atoms with Crippen LogP contribution < -0.4 is 0 Å². The van der Waals surface area contributed by atoms with Crippen LogP contribution in [0.2, 0.25) is 0 Å². The van der Waals surface area contributed by atoms with Crippen molar-refractivity contribution < 1.29 is 9.90 Å². The maximum atomic E-state index is 11.1. The first-order valence-electron chi connectivity index (χ1n) is 6.40. The van der Waals surface area contributed by atoms with E-state index in [1.807, 2.05) is 20.8 Å². The van der Waals surface area contributed by atoms with E-state index in [0.717, 1.165) is 19.4 Å². The summed E-state index contributed by atoms with van der Waals surface area (Å²) < 4.78 is 1.74. The van der Waals surface area contributed by atoms with Gasteiger partial charge in [0.05, 0.1) is 5.69 Å². The van der Waals surface area contributed by atoms with Gasteiger partial charge in [-0.25, -0.2) is 9.48 Å². The Bertz CT molecular complexity index is 416. The highest BCUT2D eigenvalue weighted by molar-refractivity contribution is 5.86. The van der Waals surface area contributed by atoms with Crippen LogP contribution >= 0.6 is 0 Å². The summed E-state index contributed by atoms with van der Waals surface area (Å²) in [7, 11) is 0. The predicted molar refractivity (Wildman–Crippen MR) is 69.8 cm³/mol. The van der Waals surface area contributed by atoms with Gasteiger partial charge in [0.2, 0.25) is 0 Å². The molecule has 0 aliphatic heterocycles. The van der Waals surface area contributed by atoms with Gasteiger partial charge in [0.1, 0.15) is 0 Å². The van der Waals surface area contributed by atoms with Gasteiger partial charge in [-0.3, -0.25) is 0 Å². The summed E-state index contributed by atoms with van der Waals surface area (Å²) in [4.78, 5) is 11.1. The van der Waals surface area contributed by atoms with Crippen molar-refractivity contribution in [3.63, 3.8) is 0 Å². The second-order valence-corrected chi connectivity index (χ2v) is 6.10. The van der Waals surface area contributed by atoms with Gasteiger partial charge in [-0.1, -0.05) is 39.8 Å². The molecule has 0 saturated heterocycles. The summed E-state index contributed by atoms with van der Waals surface area (Å²) in [6.07, 6.45) is 2.09. The van der Waals surface area contributed by atoms with Crippen molar-refractivity contribution >= 4 is 5.97 Å². The van der Waals surface area contributed by atoms with Crippen LogP contribution in [-0.4, -0.2) is 26.1 Å². The summed E-state index contributed by atoms with van der Waals surface area (Å²) in [5.41, 5.74) is 0.514. The molecular weight excluding hydrogens is 230 g/mol. The van der Waals surface area contributed by atoms with Gasteiger partial charge in [-0.2, -0.15) is 0 Å². The summed E-state index contributed by atoms with van der Waals surface area (Å²) in [6.45, 7) is 11.0. The molecule has 1 aromatic rings. The average molecular weight is 253 g/mol. The molecule has 5 nitrogen and oxygen atoms in total. The highest BCUT2D eigenvalue weighted by Crippen LogP contribution is 2.25. The topological polar surface area (TPSA) is 68.0 Å². The van der Waals surface area contributed by atoms with Crippen molar-refractivity contribution in [2.45, 2.75) is 59.4 Å². The van der Waals surface area contributed by atoms with E-state index in [0.29, 0.717) is 11.6 Å². The van der Waals surface area contributed by atoms with Gasteiger partial charge in [0, 0.05) is 12.0 Å². The van der Waals surface area contributed by atoms with Gasteiger partial charge < -0.3 is 5.11 Å². The van der Waals surface area contributed by atoms with E-state index in [1.165, 1.54) is 0 Å². The van der Waals surface area contributed by atoms with E-state index >= 15 is 0 Å². The second-order valence-electron chi connectivity index (χ2n) is 6.10. The Labute approximate surface area is 108 Å². The number of carbonyl (C=O) groups is 1. The van der Waals surface area contributed by atoms with Gasteiger partial charge in [-0.15, -0.1) is 5.10 Å². The lowest BCUT2D eigenvalue weighted by Gasteiger charge is -2.20. The van der Waals surface area contributed by atoms with Crippen LogP contribution in [0, 0.1) is 5.92 Å². The van der Waals surface area contributed by atoms with E-state index in [1.54, 1.807) is 4.68 Å². The highest BCUT2D eigenvalue weighted by Gasteiger charge is 2.28. The van der Waals surface area contributed by atoms with Crippen LogP contribution in [0.4, 0.5) is 0 Å². The number of carboxylic acid groups (broad SMARTS) is 1. The summed E-state index contributed by atoms with van der Waals surface area (Å²) in [5.74, 6) is -0.361. The van der Waals surface area contributed by atoms with E-state index < -0.39 is 5.97 Å². The zero-order valence-electron chi connectivity index (χ0n) is 11.9. The number of hydrogen-bond acceptors (Lipinski definition) is 3. The quantitative estimate of drug-likeness (QED) is 0.876. The Kier molecular flexibility index (Phi) is 4.48. The lowest BCUT2D eigenvalue weighted by molar-refractivity contribution is 0.0687. The fourth-order valence-corrected chi connectivity index (χ4v) is 2.01. The first-order valence-corrected chi connectivity index (χ1v) is 6.40. The van der Waals surface area contributed by atoms with Crippen molar-refractivity contribution in [2.24, 2.45) is 5.92 Å². The summed E-state index contributed by atoms with van der Waals surface area (Å²) in [5, 5.41) is 16.9. The molecule has 18 heavy (non-hydrogen) atoms.